The number of nitrogens with two attached hydrogens (primary N) is 1. The Balaban J connectivity index is 2.48. The van der Waals surface area contributed by atoms with Gasteiger partial charge in [0.2, 0.25) is 0 Å². The van der Waals surface area contributed by atoms with E-state index in [0.717, 1.165) is 11.1 Å². The monoisotopic (exact) mass is 231 g/mol. The highest BCUT2D eigenvalue weighted by Gasteiger charge is 2.11. The second kappa shape index (κ2) is 4.49. The van der Waals surface area contributed by atoms with Gasteiger partial charge in [-0.1, -0.05) is 12.1 Å². The minimum absolute atomic E-state index is 0.343. The number of hydrogen-bond acceptors (Lipinski definition) is 3. The highest BCUT2D eigenvalue weighted by molar-refractivity contribution is 5.76. The zero-order valence-corrected chi connectivity index (χ0v) is 10.3. The summed E-state index contributed by atoms with van der Waals surface area (Å²) in [5, 5.41) is 4.32. The fourth-order valence-electron chi connectivity index (χ4n) is 1.77. The SMILES string of the molecule is COc1c(N)cccc1-c1cnn(C(C)C)c1. The highest BCUT2D eigenvalue weighted by atomic mass is 16.5. The molecule has 4 nitrogen and oxygen atoms in total. The van der Waals surface area contributed by atoms with Crippen molar-refractivity contribution in [3.63, 3.8) is 0 Å². The molecule has 2 N–H and O–H groups in total. The molecule has 0 bridgehead atoms. The maximum absolute atomic E-state index is 5.88. The van der Waals surface area contributed by atoms with Gasteiger partial charge in [0.15, 0.2) is 0 Å². The minimum atomic E-state index is 0.343. The van der Waals surface area contributed by atoms with E-state index in [0.29, 0.717) is 17.5 Å². The van der Waals surface area contributed by atoms with Crippen molar-refractivity contribution in [2.45, 2.75) is 19.9 Å². The van der Waals surface area contributed by atoms with Crippen molar-refractivity contribution in [1.82, 2.24) is 9.78 Å². The topological polar surface area (TPSA) is 53.1 Å². The Morgan fingerprint density at radius 2 is 2.12 bits per heavy atom. The van der Waals surface area contributed by atoms with Gasteiger partial charge in [-0.15, -0.1) is 0 Å². The second-order valence-electron chi connectivity index (χ2n) is 4.23. The third-order valence-corrected chi connectivity index (χ3v) is 2.69. The highest BCUT2D eigenvalue weighted by Crippen LogP contribution is 2.34. The predicted octanol–water partition coefficient (Wildman–Crippen LogP) is 2.72. The van der Waals surface area contributed by atoms with Gasteiger partial charge in [0.25, 0.3) is 0 Å². The Hall–Kier alpha value is -1.97. The number of benzene rings is 1. The molecule has 0 spiro atoms. The minimum Gasteiger partial charge on any atom is -0.494 e. The fourth-order valence-corrected chi connectivity index (χ4v) is 1.77. The van der Waals surface area contributed by atoms with Crippen LogP contribution in [0.15, 0.2) is 30.6 Å². The van der Waals surface area contributed by atoms with E-state index in [9.17, 15) is 0 Å². The number of nitrogen functional groups attached to an aromatic ring is 1. The van der Waals surface area contributed by atoms with Crippen molar-refractivity contribution in [3.05, 3.63) is 30.6 Å². The molecule has 1 aromatic carbocycles. The van der Waals surface area contributed by atoms with Crippen molar-refractivity contribution in [1.29, 1.82) is 0 Å². The second-order valence-corrected chi connectivity index (χ2v) is 4.23. The van der Waals surface area contributed by atoms with Crippen LogP contribution in [0.1, 0.15) is 19.9 Å². The van der Waals surface area contributed by atoms with E-state index in [1.54, 1.807) is 7.11 Å². The van der Waals surface area contributed by atoms with Crippen LogP contribution in [-0.2, 0) is 0 Å². The van der Waals surface area contributed by atoms with Crippen LogP contribution in [0.25, 0.3) is 11.1 Å². The lowest BCUT2D eigenvalue weighted by Crippen LogP contribution is -1.99. The van der Waals surface area contributed by atoms with Gasteiger partial charge in [-0.05, 0) is 19.9 Å². The number of methoxy groups -OCH3 is 1. The smallest absolute Gasteiger partial charge is 0.149 e. The van der Waals surface area contributed by atoms with Gasteiger partial charge >= 0.3 is 0 Å². The number of aromatic nitrogens is 2. The first-order valence-corrected chi connectivity index (χ1v) is 5.60. The molecular weight excluding hydrogens is 214 g/mol. The Bertz CT molecular complexity index is 517. The zero-order valence-electron chi connectivity index (χ0n) is 10.3. The molecular formula is C13H17N3O. The molecule has 17 heavy (non-hydrogen) atoms. The Morgan fingerprint density at radius 3 is 2.71 bits per heavy atom. The molecule has 0 atom stereocenters. The first-order chi connectivity index (χ1) is 8.13. The van der Waals surface area contributed by atoms with Crippen LogP contribution in [0.5, 0.6) is 5.75 Å². The molecule has 2 aromatic rings. The summed E-state index contributed by atoms with van der Waals surface area (Å²) >= 11 is 0. The zero-order chi connectivity index (χ0) is 12.4. The normalized spacial score (nSPS) is 10.8. The molecule has 0 fully saturated rings. The van der Waals surface area contributed by atoms with E-state index in [1.807, 2.05) is 35.3 Å². The van der Waals surface area contributed by atoms with Gasteiger partial charge in [0.1, 0.15) is 5.75 Å². The predicted molar refractivity (Wildman–Crippen MR) is 69.0 cm³/mol. The summed E-state index contributed by atoms with van der Waals surface area (Å²) in [7, 11) is 1.63. The van der Waals surface area contributed by atoms with Gasteiger partial charge in [-0.3, -0.25) is 4.68 Å². The Morgan fingerprint density at radius 1 is 1.35 bits per heavy atom. The number of rotatable bonds is 3. The molecule has 1 aromatic heterocycles. The molecule has 4 heteroatoms. The van der Waals surface area contributed by atoms with Crippen molar-refractivity contribution in [3.8, 4) is 16.9 Å². The summed E-state index contributed by atoms with van der Waals surface area (Å²) in [6.45, 7) is 4.18. The number of nitrogens with zero attached hydrogens (tertiary/aromatic N) is 2. The van der Waals surface area contributed by atoms with Gasteiger partial charge in [-0.25, -0.2) is 0 Å². The van der Waals surface area contributed by atoms with E-state index in [1.165, 1.54) is 0 Å². The molecule has 1 heterocycles. The standard InChI is InChI=1S/C13H17N3O/c1-9(2)16-8-10(7-15-16)11-5-4-6-12(14)13(11)17-3/h4-9H,14H2,1-3H3. The van der Waals surface area contributed by atoms with Crippen molar-refractivity contribution in [2.75, 3.05) is 12.8 Å². The number of anilines is 1. The Labute approximate surface area is 101 Å². The molecule has 0 aliphatic heterocycles. The summed E-state index contributed by atoms with van der Waals surface area (Å²) in [4.78, 5) is 0. The van der Waals surface area contributed by atoms with Crippen LogP contribution >= 0.6 is 0 Å². The molecule has 0 aliphatic carbocycles. The summed E-state index contributed by atoms with van der Waals surface area (Å²) < 4.78 is 7.25. The molecule has 0 unspecified atom stereocenters. The van der Waals surface area contributed by atoms with E-state index in [2.05, 4.69) is 18.9 Å². The molecule has 0 amide bonds. The van der Waals surface area contributed by atoms with Crippen molar-refractivity contribution >= 4 is 5.69 Å². The maximum Gasteiger partial charge on any atom is 0.149 e. The molecule has 0 saturated carbocycles. The third kappa shape index (κ3) is 2.11. The van der Waals surface area contributed by atoms with Gasteiger partial charge in [0.05, 0.1) is 19.0 Å². The van der Waals surface area contributed by atoms with Crippen LogP contribution in [0.3, 0.4) is 0 Å². The lowest BCUT2D eigenvalue weighted by atomic mass is 10.1. The van der Waals surface area contributed by atoms with E-state index in [-0.39, 0.29) is 0 Å². The largest absolute Gasteiger partial charge is 0.494 e. The molecule has 0 aliphatic rings. The van der Waals surface area contributed by atoms with E-state index >= 15 is 0 Å². The van der Waals surface area contributed by atoms with Gasteiger partial charge in [0, 0.05) is 23.4 Å². The quantitative estimate of drug-likeness (QED) is 0.826. The first kappa shape index (κ1) is 11.5. The van der Waals surface area contributed by atoms with Crippen LogP contribution in [0.4, 0.5) is 5.69 Å². The fraction of sp³-hybridized carbons (Fsp3) is 0.308. The summed E-state index contributed by atoms with van der Waals surface area (Å²) in [6, 6.07) is 6.07. The van der Waals surface area contributed by atoms with E-state index in [4.69, 9.17) is 10.5 Å². The lowest BCUT2D eigenvalue weighted by molar-refractivity contribution is 0.418. The lowest BCUT2D eigenvalue weighted by Gasteiger charge is -2.09. The summed E-state index contributed by atoms with van der Waals surface area (Å²) in [5.41, 5.74) is 8.51. The van der Waals surface area contributed by atoms with Gasteiger partial charge < -0.3 is 10.5 Å². The van der Waals surface area contributed by atoms with E-state index < -0.39 is 0 Å². The maximum atomic E-state index is 5.88. The van der Waals surface area contributed by atoms with Crippen LogP contribution in [0, 0.1) is 0 Å². The first-order valence-electron chi connectivity index (χ1n) is 5.60. The average molecular weight is 231 g/mol. The van der Waals surface area contributed by atoms with Crippen LogP contribution in [-0.4, -0.2) is 16.9 Å². The number of hydrogen-bond donors (Lipinski definition) is 1. The third-order valence-electron chi connectivity index (χ3n) is 2.69. The molecule has 2 rings (SSSR count). The number of para-hydroxylation sites is 1. The van der Waals surface area contributed by atoms with Gasteiger partial charge in [-0.2, -0.15) is 5.10 Å². The Kier molecular flexibility index (Phi) is 3.04. The average Bonchev–Trinajstić information content (AvgIpc) is 2.77. The summed E-state index contributed by atoms with van der Waals surface area (Å²) in [6.07, 6.45) is 3.83. The molecule has 0 saturated heterocycles. The van der Waals surface area contributed by atoms with Crippen LogP contribution in [0.2, 0.25) is 0 Å². The van der Waals surface area contributed by atoms with Crippen molar-refractivity contribution in [2.24, 2.45) is 0 Å². The number of ether oxygens (including phenoxy) is 1. The molecule has 90 valence electrons. The molecule has 0 radical (unpaired) electrons. The van der Waals surface area contributed by atoms with Crippen molar-refractivity contribution < 1.29 is 4.74 Å². The summed E-state index contributed by atoms with van der Waals surface area (Å²) in [5.74, 6) is 0.704. The van der Waals surface area contributed by atoms with Crippen LogP contribution < -0.4 is 10.5 Å².